The minimum absolute atomic E-state index is 0.0634. The predicted molar refractivity (Wildman–Crippen MR) is 63.5 cm³/mol. The van der Waals surface area contributed by atoms with Gasteiger partial charge in [-0.25, -0.2) is 0 Å². The summed E-state index contributed by atoms with van der Waals surface area (Å²) in [5.74, 6) is 2.01. The zero-order valence-electron chi connectivity index (χ0n) is 10.8. The molecule has 0 spiro atoms. The van der Waals surface area contributed by atoms with Crippen molar-refractivity contribution in [1.82, 2.24) is 15.5 Å². The van der Waals surface area contributed by atoms with Crippen LogP contribution in [0, 0.1) is 5.92 Å². The highest BCUT2D eigenvalue weighted by Crippen LogP contribution is 2.16. The van der Waals surface area contributed by atoms with Gasteiger partial charge in [0.1, 0.15) is 0 Å². The first-order valence-electron chi connectivity index (χ1n) is 6.17. The van der Waals surface area contributed by atoms with Crippen molar-refractivity contribution in [3.63, 3.8) is 0 Å². The molecular weight excluding hydrogens is 218 g/mol. The van der Waals surface area contributed by atoms with Crippen molar-refractivity contribution >= 4 is 0 Å². The number of hydrogen-bond acceptors (Lipinski definition) is 5. The van der Waals surface area contributed by atoms with Gasteiger partial charge in [0.05, 0.1) is 6.54 Å². The maximum Gasteiger partial charge on any atom is 0.240 e. The van der Waals surface area contributed by atoms with E-state index in [0.717, 1.165) is 31.9 Å². The van der Waals surface area contributed by atoms with Gasteiger partial charge in [0.25, 0.3) is 0 Å². The lowest BCUT2D eigenvalue weighted by Crippen LogP contribution is -2.35. The third-order valence-corrected chi connectivity index (χ3v) is 2.78. The first-order valence-corrected chi connectivity index (χ1v) is 6.17. The fourth-order valence-electron chi connectivity index (χ4n) is 1.79. The molecule has 0 amide bonds. The van der Waals surface area contributed by atoms with Crippen LogP contribution in [-0.4, -0.2) is 28.9 Å². The van der Waals surface area contributed by atoms with Gasteiger partial charge in [-0.05, 0) is 33.1 Å². The van der Waals surface area contributed by atoms with Gasteiger partial charge in [-0.15, -0.1) is 0 Å². The third-order valence-electron chi connectivity index (χ3n) is 2.78. The highest BCUT2D eigenvalue weighted by molar-refractivity contribution is 4.90. The van der Waals surface area contributed by atoms with Crippen LogP contribution in [-0.2, 0) is 17.7 Å². The van der Waals surface area contributed by atoms with Gasteiger partial charge in [0, 0.05) is 25.2 Å². The minimum Gasteiger partial charge on any atom is -0.381 e. The number of ether oxygens (including phenoxy) is 1. The van der Waals surface area contributed by atoms with Crippen LogP contribution in [0.2, 0.25) is 0 Å². The molecule has 2 rings (SSSR count). The molecular formula is C12H21N3O2. The van der Waals surface area contributed by atoms with E-state index in [-0.39, 0.29) is 5.54 Å². The van der Waals surface area contributed by atoms with Crippen LogP contribution in [0.4, 0.5) is 0 Å². The van der Waals surface area contributed by atoms with Gasteiger partial charge in [0.15, 0.2) is 5.82 Å². The molecule has 1 aromatic rings. The number of hydrogen-bond donors (Lipinski definition) is 1. The van der Waals surface area contributed by atoms with Crippen LogP contribution in [0.5, 0.6) is 0 Å². The summed E-state index contributed by atoms with van der Waals surface area (Å²) in [4.78, 5) is 4.38. The van der Waals surface area contributed by atoms with E-state index in [1.165, 1.54) is 0 Å². The van der Waals surface area contributed by atoms with E-state index in [9.17, 15) is 0 Å². The average molecular weight is 239 g/mol. The second-order valence-corrected chi connectivity index (χ2v) is 5.64. The predicted octanol–water partition coefficient (Wildman–Crippen LogP) is 1.54. The molecule has 17 heavy (non-hydrogen) atoms. The standard InChI is InChI=1S/C12H21N3O2/c1-12(2,3)13-7-11-14-10(15-17-11)6-9-4-5-16-8-9/h9,13H,4-8H2,1-3H3. The molecule has 5 nitrogen and oxygen atoms in total. The summed E-state index contributed by atoms with van der Waals surface area (Å²) in [5, 5.41) is 7.32. The van der Waals surface area contributed by atoms with Crippen molar-refractivity contribution < 1.29 is 9.26 Å². The quantitative estimate of drug-likeness (QED) is 0.863. The lowest BCUT2D eigenvalue weighted by Gasteiger charge is -2.18. The summed E-state index contributed by atoms with van der Waals surface area (Å²) in [5.41, 5.74) is 0.0634. The summed E-state index contributed by atoms with van der Waals surface area (Å²) < 4.78 is 10.5. The highest BCUT2D eigenvalue weighted by Gasteiger charge is 2.19. The summed E-state index contributed by atoms with van der Waals surface area (Å²) >= 11 is 0. The van der Waals surface area contributed by atoms with Gasteiger partial charge in [0.2, 0.25) is 5.89 Å². The zero-order valence-corrected chi connectivity index (χ0v) is 10.8. The summed E-state index contributed by atoms with van der Waals surface area (Å²) in [6.07, 6.45) is 1.96. The highest BCUT2D eigenvalue weighted by atomic mass is 16.5. The Morgan fingerprint density at radius 3 is 2.88 bits per heavy atom. The topological polar surface area (TPSA) is 60.2 Å². The maximum absolute atomic E-state index is 5.33. The third kappa shape index (κ3) is 4.09. The monoisotopic (exact) mass is 239 g/mol. The zero-order chi connectivity index (χ0) is 12.3. The second kappa shape index (κ2) is 5.14. The number of aromatic nitrogens is 2. The van der Waals surface area contributed by atoms with Gasteiger partial charge < -0.3 is 14.6 Å². The van der Waals surface area contributed by atoms with Crippen LogP contribution in [0.3, 0.4) is 0 Å². The molecule has 1 aromatic heterocycles. The average Bonchev–Trinajstić information content (AvgIpc) is 2.86. The molecule has 0 aliphatic carbocycles. The molecule has 1 aliphatic rings. The first-order chi connectivity index (χ1) is 8.03. The molecule has 1 saturated heterocycles. The van der Waals surface area contributed by atoms with E-state index in [0.29, 0.717) is 18.4 Å². The van der Waals surface area contributed by atoms with Crippen LogP contribution >= 0.6 is 0 Å². The molecule has 0 aromatic carbocycles. The Morgan fingerprint density at radius 1 is 1.41 bits per heavy atom. The van der Waals surface area contributed by atoms with Gasteiger partial charge in [-0.1, -0.05) is 5.16 Å². The van der Waals surface area contributed by atoms with Gasteiger partial charge in [-0.3, -0.25) is 0 Å². The molecule has 1 aliphatic heterocycles. The fraction of sp³-hybridized carbons (Fsp3) is 0.833. The lowest BCUT2D eigenvalue weighted by molar-refractivity contribution is 0.185. The Balaban J connectivity index is 1.83. The number of nitrogens with zero attached hydrogens (tertiary/aromatic N) is 2. The first kappa shape index (κ1) is 12.5. The lowest BCUT2D eigenvalue weighted by atomic mass is 10.1. The van der Waals surface area contributed by atoms with Gasteiger partial charge >= 0.3 is 0 Å². The summed E-state index contributed by atoms with van der Waals surface area (Å²) in [7, 11) is 0. The minimum atomic E-state index is 0.0634. The molecule has 5 heteroatoms. The van der Waals surface area contributed by atoms with Crippen LogP contribution < -0.4 is 5.32 Å². The molecule has 2 heterocycles. The molecule has 1 atom stereocenters. The Bertz CT molecular complexity index is 351. The Kier molecular flexibility index (Phi) is 3.79. The normalized spacial score (nSPS) is 21.0. The SMILES string of the molecule is CC(C)(C)NCc1nc(CC2CCOC2)no1. The Hall–Kier alpha value is -0.940. The number of nitrogens with one attached hydrogen (secondary N) is 1. The van der Waals surface area contributed by atoms with Crippen LogP contribution in [0.1, 0.15) is 38.9 Å². The van der Waals surface area contributed by atoms with E-state index in [2.05, 4.69) is 36.2 Å². The van der Waals surface area contributed by atoms with E-state index in [4.69, 9.17) is 9.26 Å². The van der Waals surface area contributed by atoms with Crippen molar-refractivity contribution in [2.45, 2.75) is 45.7 Å². The largest absolute Gasteiger partial charge is 0.381 e. The molecule has 1 fully saturated rings. The van der Waals surface area contributed by atoms with Crippen molar-refractivity contribution in [3.05, 3.63) is 11.7 Å². The Morgan fingerprint density at radius 2 is 2.24 bits per heavy atom. The van der Waals surface area contributed by atoms with Gasteiger partial charge in [-0.2, -0.15) is 4.98 Å². The Labute approximate surface area is 102 Å². The second-order valence-electron chi connectivity index (χ2n) is 5.64. The summed E-state index contributed by atoms with van der Waals surface area (Å²) in [6.45, 7) is 8.64. The van der Waals surface area contributed by atoms with E-state index in [1.54, 1.807) is 0 Å². The molecule has 0 bridgehead atoms. The summed E-state index contributed by atoms with van der Waals surface area (Å²) in [6, 6.07) is 0. The molecule has 1 unspecified atom stereocenters. The molecule has 1 N–H and O–H groups in total. The molecule has 0 radical (unpaired) electrons. The maximum atomic E-state index is 5.33. The fourth-order valence-corrected chi connectivity index (χ4v) is 1.79. The molecule has 0 saturated carbocycles. The van der Waals surface area contributed by atoms with E-state index < -0.39 is 0 Å². The van der Waals surface area contributed by atoms with Crippen LogP contribution in [0.15, 0.2) is 4.52 Å². The smallest absolute Gasteiger partial charge is 0.240 e. The van der Waals surface area contributed by atoms with Crippen molar-refractivity contribution in [2.24, 2.45) is 5.92 Å². The van der Waals surface area contributed by atoms with Crippen molar-refractivity contribution in [2.75, 3.05) is 13.2 Å². The number of rotatable bonds is 4. The van der Waals surface area contributed by atoms with E-state index in [1.807, 2.05) is 0 Å². The molecule has 96 valence electrons. The van der Waals surface area contributed by atoms with E-state index >= 15 is 0 Å². The van der Waals surface area contributed by atoms with Crippen molar-refractivity contribution in [3.8, 4) is 0 Å². The van der Waals surface area contributed by atoms with Crippen molar-refractivity contribution in [1.29, 1.82) is 0 Å². The van der Waals surface area contributed by atoms with Crippen LogP contribution in [0.25, 0.3) is 0 Å².